The number of unbranched alkanes of at least 4 members (excludes halogenated alkanes) is 27. The van der Waals surface area contributed by atoms with Crippen molar-refractivity contribution in [2.24, 2.45) is 0 Å². The zero-order chi connectivity index (χ0) is 35.2. The number of amides is 1. The van der Waals surface area contributed by atoms with Gasteiger partial charge in [-0.3, -0.25) is 4.79 Å². The molecule has 0 saturated heterocycles. The van der Waals surface area contributed by atoms with E-state index >= 15 is 0 Å². The number of carbonyl (C=O) groups excluding carboxylic acids is 1. The van der Waals surface area contributed by atoms with Crippen LogP contribution in [0.2, 0.25) is 0 Å². The molecule has 0 aromatic heterocycles. The van der Waals surface area contributed by atoms with Crippen molar-refractivity contribution in [3.8, 4) is 0 Å². The number of nitrogens with one attached hydrogen (secondary N) is 1. The Kier molecular flexibility index (Phi) is 37.7. The highest BCUT2D eigenvalue weighted by Crippen LogP contribution is 2.16. The second-order valence-corrected chi connectivity index (χ2v) is 14.6. The predicted molar refractivity (Wildman–Crippen MR) is 208 cm³/mol. The molecule has 3 atom stereocenters. The molecule has 0 radical (unpaired) electrons. The topological polar surface area (TPSA) is 89.8 Å². The summed E-state index contributed by atoms with van der Waals surface area (Å²) in [5.41, 5.74) is 0. The van der Waals surface area contributed by atoms with E-state index in [0.717, 1.165) is 32.1 Å². The zero-order valence-corrected chi connectivity index (χ0v) is 32.1. The van der Waals surface area contributed by atoms with Crippen LogP contribution in [0.1, 0.15) is 219 Å². The van der Waals surface area contributed by atoms with Crippen molar-refractivity contribution >= 4 is 5.91 Å². The van der Waals surface area contributed by atoms with E-state index in [2.05, 4.69) is 31.3 Å². The summed E-state index contributed by atoms with van der Waals surface area (Å²) in [4.78, 5) is 12.4. The van der Waals surface area contributed by atoms with E-state index in [0.29, 0.717) is 6.42 Å². The number of carbonyl (C=O) groups is 1. The van der Waals surface area contributed by atoms with Crippen molar-refractivity contribution in [2.45, 2.75) is 238 Å². The van der Waals surface area contributed by atoms with Crippen LogP contribution in [0.15, 0.2) is 24.3 Å². The third kappa shape index (κ3) is 34.7. The number of hydrogen-bond acceptors (Lipinski definition) is 4. The second-order valence-electron chi connectivity index (χ2n) is 14.6. The van der Waals surface area contributed by atoms with E-state index < -0.39 is 18.2 Å². The fourth-order valence-electron chi connectivity index (χ4n) is 6.47. The van der Waals surface area contributed by atoms with Crippen LogP contribution in [0, 0.1) is 0 Å². The third-order valence-electron chi connectivity index (χ3n) is 9.74. The van der Waals surface area contributed by atoms with Crippen LogP contribution in [0.5, 0.6) is 0 Å². The van der Waals surface area contributed by atoms with Gasteiger partial charge < -0.3 is 20.6 Å². The van der Waals surface area contributed by atoms with E-state index in [4.69, 9.17) is 0 Å². The van der Waals surface area contributed by atoms with Crippen LogP contribution in [0.3, 0.4) is 0 Å². The van der Waals surface area contributed by atoms with Crippen LogP contribution in [-0.4, -0.2) is 46.1 Å². The number of aliphatic hydroxyl groups is 3. The molecule has 0 aromatic rings. The van der Waals surface area contributed by atoms with Crippen LogP contribution < -0.4 is 5.32 Å². The first-order chi connectivity index (χ1) is 23.5. The molecular weight excluding hydrogens is 594 g/mol. The van der Waals surface area contributed by atoms with Crippen molar-refractivity contribution in [2.75, 3.05) is 6.61 Å². The Morgan fingerprint density at radius 3 is 1.33 bits per heavy atom. The Morgan fingerprint density at radius 1 is 0.521 bits per heavy atom. The highest BCUT2D eigenvalue weighted by Gasteiger charge is 2.20. The van der Waals surface area contributed by atoms with Gasteiger partial charge in [0.05, 0.1) is 31.3 Å². The summed E-state index contributed by atoms with van der Waals surface area (Å²) in [6.07, 6.45) is 46.1. The molecule has 0 saturated carbocycles. The molecular formula is C43H83NO4. The predicted octanol–water partition coefficient (Wildman–Crippen LogP) is 11.8. The monoisotopic (exact) mass is 678 g/mol. The van der Waals surface area contributed by atoms with E-state index in [-0.39, 0.29) is 18.9 Å². The van der Waals surface area contributed by atoms with E-state index in [1.165, 1.54) is 161 Å². The van der Waals surface area contributed by atoms with Gasteiger partial charge in [-0.2, -0.15) is 0 Å². The average molecular weight is 678 g/mol. The number of allylic oxidation sites excluding steroid dienone is 3. The molecule has 48 heavy (non-hydrogen) atoms. The van der Waals surface area contributed by atoms with E-state index in [1.807, 2.05) is 6.08 Å². The van der Waals surface area contributed by atoms with Gasteiger partial charge in [0.2, 0.25) is 5.91 Å². The smallest absolute Gasteiger partial charge is 0.222 e. The maximum atomic E-state index is 12.4. The maximum absolute atomic E-state index is 12.4. The lowest BCUT2D eigenvalue weighted by Crippen LogP contribution is -2.45. The minimum atomic E-state index is -0.947. The Morgan fingerprint density at radius 2 is 0.896 bits per heavy atom. The van der Waals surface area contributed by atoms with E-state index in [9.17, 15) is 20.1 Å². The SMILES string of the molecule is CCCCCCCC/C=C/CC/C=C/C(O)C(CO)NC(=O)CC(O)CCCCCCCCCCCCCCCCCCCCCCC. The van der Waals surface area contributed by atoms with Gasteiger partial charge in [-0.05, 0) is 32.1 Å². The quantitative estimate of drug-likeness (QED) is 0.0387. The number of hydrogen-bond donors (Lipinski definition) is 4. The van der Waals surface area contributed by atoms with Crippen molar-refractivity contribution in [3.63, 3.8) is 0 Å². The molecule has 0 aromatic carbocycles. The first kappa shape index (κ1) is 46.8. The molecule has 4 N–H and O–H groups in total. The summed E-state index contributed by atoms with van der Waals surface area (Å²) < 4.78 is 0. The minimum absolute atomic E-state index is 0.00945. The molecule has 0 spiro atoms. The summed E-state index contributed by atoms with van der Waals surface area (Å²) in [6, 6.07) is -0.756. The Balaban J connectivity index is 3.63. The molecule has 0 aliphatic rings. The Labute approximate surface area is 299 Å². The van der Waals surface area contributed by atoms with Crippen LogP contribution >= 0.6 is 0 Å². The summed E-state index contributed by atoms with van der Waals surface area (Å²) in [5, 5.41) is 33.1. The van der Waals surface area contributed by atoms with Gasteiger partial charge in [0.1, 0.15) is 0 Å². The normalized spacial score (nSPS) is 13.9. The van der Waals surface area contributed by atoms with Gasteiger partial charge in [-0.15, -0.1) is 0 Å². The van der Waals surface area contributed by atoms with Gasteiger partial charge in [0, 0.05) is 0 Å². The van der Waals surface area contributed by atoms with E-state index in [1.54, 1.807) is 6.08 Å². The fourth-order valence-corrected chi connectivity index (χ4v) is 6.47. The molecule has 3 unspecified atom stereocenters. The Bertz CT molecular complexity index is 709. The fraction of sp³-hybridized carbons (Fsp3) is 0.884. The molecule has 0 aliphatic heterocycles. The van der Waals surface area contributed by atoms with Gasteiger partial charge >= 0.3 is 0 Å². The van der Waals surface area contributed by atoms with Crippen molar-refractivity contribution in [1.82, 2.24) is 5.32 Å². The molecule has 5 heteroatoms. The number of aliphatic hydroxyl groups excluding tert-OH is 3. The highest BCUT2D eigenvalue weighted by atomic mass is 16.3. The lowest BCUT2D eigenvalue weighted by molar-refractivity contribution is -0.124. The van der Waals surface area contributed by atoms with Gasteiger partial charge in [-0.1, -0.05) is 205 Å². The molecule has 0 heterocycles. The summed E-state index contributed by atoms with van der Waals surface area (Å²) >= 11 is 0. The molecule has 284 valence electrons. The second kappa shape index (κ2) is 38.6. The van der Waals surface area contributed by atoms with Gasteiger partial charge in [0.25, 0.3) is 0 Å². The van der Waals surface area contributed by atoms with Crippen LogP contribution in [0.25, 0.3) is 0 Å². The highest BCUT2D eigenvalue weighted by molar-refractivity contribution is 5.76. The number of rotatable bonds is 38. The average Bonchev–Trinajstić information content (AvgIpc) is 3.08. The third-order valence-corrected chi connectivity index (χ3v) is 9.74. The lowest BCUT2D eigenvalue weighted by atomic mass is 10.0. The van der Waals surface area contributed by atoms with Gasteiger partial charge in [0.15, 0.2) is 0 Å². The standard InChI is InChI=1S/C43H83NO4/c1-3-5-7-9-11-13-15-17-18-19-20-21-22-23-24-25-26-28-30-32-34-36-40(46)38-43(48)44-41(39-45)42(47)37-35-33-31-29-27-16-14-12-10-8-6-4-2/h27,29,35,37,40-42,45-47H,3-26,28,30-34,36,38-39H2,1-2H3,(H,44,48)/b29-27+,37-35+. The van der Waals surface area contributed by atoms with Crippen molar-refractivity contribution < 1.29 is 20.1 Å². The molecule has 5 nitrogen and oxygen atoms in total. The molecule has 0 fully saturated rings. The minimum Gasteiger partial charge on any atom is -0.394 e. The van der Waals surface area contributed by atoms with Crippen molar-refractivity contribution in [3.05, 3.63) is 24.3 Å². The van der Waals surface area contributed by atoms with Crippen molar-refractivity contribution in [1.29, 1.82) is 0 Å². The van der Waals surface area contributed by atoms with Gasteiger partial charge in [-0.25, -0.2) is 0 Å². The summed E-state index contributed by atoms with van der Waals surface area (Å²) in [6.45, 7) is 4.19. The Hall–Kier alpha value is -1.17. The zero-order valence-electron chi connectivity index (χ0n) is 32.1. The molecule has 0 rings (SSSR count). The molecule has 0 aliphatic carbocycles. The maximum Gasteiger partial charge on any atom is 0.222 e. The first-order valence-corrected chi connectivity index (χ1v) is 21.1. The molecule has 0 bridgehead atoms. The summed E-state index contributed by atoms with van der Waals surface area (Å²) in [5.74, 6) is -0.324. The van der Waals surface area contributed by atoms with Crippen LogP contribution in [-0.2, 0) is 4.79 Å². The van der Waals surface area contributed by atoms with Crippen LogP contribution in [0.4, 0.5) is 0 Å². The summed E-state index contributed by atoms with van der Waals surface area (Å²) in [7, 11) is 0. The largest absolute Gasteiger partial charge is 0.394 e. The first-order valence-electron chi connectivity index (χ1n) is 21.1. The molecule has 1 amide bonds. The lowest BCUT2D eigenvalue weighted by Gasteiger charge is -2.21.